The molecule has 40 heavy (non-hydrogen) atoms. The first kappa shape index (κ1) is 26.8. The van der Waals surface area contributed by atoms with Crippen LogP contribution in [0.4, 0.5) is 4.39 Å². The van der Waals surface area contributed by atoms with Crippen molar-refractivity contribution in [2.45, 2.75) is 26.8 Å². The molecule has 0 aliphatic rings. The van der Waals surface area contributed by atoms with Gasteiger partial charge in [0.05, 0.1) is 11.6 Å². The largest absolute Gasteiger partial charge is 0.463 e. The Hall–Kier alpha value is -4.78. The zero-order valence-electron chi connectivity index (χ0n) is 22.6. The summed E-state index contributed by atoms with van der Waals surface area (Å²) in [5.74, 6) is -0.686. The molecule has 5 aromatic rings. The summed E-state index contributed by atoms with van der Waals surface area (Å²) in [6, 6.07) is 21.9. The van der Waals surface area contributed by atoms with Gasteiger partial charge in [-0.05, 0) is 59.9 Å². The SMILES string of the molecule is Cc1ncccc1-c1ccc(C(NC(=O)c2coc3ccccc23)c2ccc(F)cc2)cc1C(=O)NCC(C)C. The van der Waals surface area contributed by atoms with E-state index >= 15 is 0 Å². The molecular weight excluding hydrogens is 505 g/mol. The molecule has 2 N–H and O–H groups in total. The third-order valence-corrected chi connectivity index (χ3v) is 6.79. The Morgan fingerprint density at radius 3 is 2.38 bits per heavy atom. The first-order valence-corrected chi connectivity index (χ1v) is 13.2. The van der Waals surface area contributed by atoms with E-state index in [9.17, 15) is 14.0 Å². The van der Waals surface area contributed by atoms with Crippen LogP contribution in [0.3, 0.4) is 0 Å². The van der Waals surface area contributed by atoms with Crippen LogP contribution in [0.15, 0.2) is 95.7 Å². The standard InChI is InChI=1S/C33H30FN3O3/c1-20(2)18-36-32(38)28-17-23(12-15-26(28)25-8-6-16-35-21(25)3)31(22-10-13-24(34)14-11-22)37-33(39)29-19-40-30-9-5-4-7-27(29)30/h4-17,19-20,31H,18H2,1-3H3,(H,36,38)(H,37,39). The van der Waals surface area contributed by atoms with E-state index in [1.807, 2.05) is 63.2 Å². The number of amides is 2. The molecule has 6 nitrogen and oxygen atoms in total. The summed E-state index contributed by atoms with van der Waals surface area (Å²) in [7, 11) is 0. The molecule has 0 bridgehead atoms. The molecule has 0 saturated heterocycles. The summed E-state index contributed by atoms with van der Waals surface area (Å²) in [6.45, 7) is 6.47. The molecule has 7 heteroatoms. The lowest BCUT2D eigenvalue weighted by molar-refractivity contribution is 0.0940. The second-order valence-corrected chi connectivity index (χ2v) is 10.1. The Kier molecular flexibility index (Phi) is 7.73. The Bertz CT molecular complexity index is 1670. The average molecular weight is 536 g/mol. The molecule has 5 rings (SSSR count). The van der Waals surface area contributed by atoms with Crippen LogP contribution in [0.2, 0.25) is 0 Å². The van der Waals surface area contributed by atoms with Gasteiger partial charge >= 0.3 is 0 Å². The van der Waals surface area contributed by atoms with Crippen LogP contribution in [0, 0.1) is 18.7 Å². The predicted molar refractivity (Wildman–Crippen MR) is 154 cm³/mol. The van der Waals surface area contributed by atoms with Crippen molar-refractivity contribution in [2.75, 3.05) is 6.54 Å². The Balaban J connectivity index is 1.60. The zero-order chi connectivity index (χ0) is 28.2. The summed E-state index contributed by atoms with van der Waals surface area (Å²) in [4.78, 5) is 31.4. The van der Waals surface area contributed by atoms with Gasteiger partial charge in [0.25, 0.3) is 11.8 Å². The molecule has 202 valence electrons. The number of nitrogens with one attached hydrogen (secondary N) is 2. The quantitative estimate of drug-likeness (QED) is 0.228. The minimum absolute atomic E-state index is 0.223. The van der Waals surface area contributed by atoms with Crippen LogP contribution < -0.4 is 10.6 Å². The van der Waals surface area contributed by atoms with Gasteiger partial charge in [-0.2, -0.15) is 0 Å². The summed E-state index contributed by atoms with van der Waals surface area (Å²) in [6.07, 6.45) is 3.15. The van der Waals surface area contributed by atoms with Crippen molar-refractivity contribution in [2.24, 2.45) is 5.92 Å². The van der Waals surface area contributed by atoms with Gasteiger partial charge in [0.2, 0.25) is 0 Å². The fraction of sp³-hybridized carbons (Fsp3) is 0.182. The third-order valence-electron chi connectivity index (χ3n) is 6.79. The maximum absolute atomic E-state index is 13.9. The molecule has 1 atom stereocenters. The van der Waals surface area contributed by atoms with Crippen LogP contribution in [-0.4, -0.2) is 23.3 Å². The van der Waals surface area contributed by atoms with E-state index in [-0.39, 0.29) is 23.5 Å². The maximum Gasteiger partial charge on any atom is 0.255 e. The van der Waals surface area contributed by atoms with E-state index in [0.717, 1.165) is 16.8 Å². The molecule has 0 radical (unpaired) electrons. The highest BCUT2D eigenvalue weighted by Gasteiger charge is 2.24. The number of halogens is 1. The van der Waals surface area contributed by atoms with Crippen LogP contribution in [0.25, 0.3) is 22.1 Å². The number of benzene rings is 3. The van der Waals surface area contributed by atoms with Crippen LogP contribution >= 0.6 is 0 Å². The van der Waals surface area contributed by atoms with Crippen LogP contribution in [-0.2, 0) is 0 Å². The number of rotatable bonds is 8. The van der Waals surface area contributed by atoms with Crippen molar-refractivity contribution in [3.8, 4) is 11.1 Å². The lowest BCUT2D eigenvalue weighted by atomic mass is 9.91. The number of hydrogen-bond acceptors (Lipinski definition) is 4. The van der Waals surface area contributed by atoms with Crippen molar-refractivity contribution in [1.82, 2.24) is 15.6 Å². The zero-order valence-corrected chi connectivity index (χ0v) is 22.6. The molecule has 2 amide bonds. The van der Waals surface area contributed by atoms with E-state index in [0.29, 0.717) is 39.8 Å². The molecule has 2 heterocycles. The number of furan rings is 1. The highest BCUT2D eigenvalue weighted by atomic mass is 19.1. The lowest BCUT2D eigenvalue weighted by Crippen LogP contribution is -2.30. The number of hydrogen-bond donors (Lipinski definition) is 2. The van der Waals surface area contributed by atoms with Gasteiger partial charge in [-0.15, -0.1) is 0 Å². The molecule has 0 fully saturated rings. The highest BCUT2D eigenvalue weighted by Crippen LogP contribution is 2.32. The molecule has 0 saturated carbocycles. The fourth-order valence-corrected chi connectivity index (χ4v) is 4.70. The number of para-hydroxylation sites is 1. The van der Waals surface area contributed by atoms with Gasteiger partial charge in [0, 0.05) is 34.9 Å². The van der Waals surface area contributed by atoms with Gasteiger partial charge < -0.3 is 15.1 Å². The van der Waals surface area contributed by atoms with Crippen molar-refractivity contribution >= 4 is 22.8 Å². The minimum atomic E-state index is -0.664. The number of aromatic nitrogens is 1. The molecule has 0 aliphatic heterocycles. The molecule has 1 unspecified atom stereocenters. The van der Waals surface area contributed by atoms with E-state index in [2.05, 4.69) is 15.6 Å². The predicted octanol–water partition coefficient (Wildman–Crippen LogP) is 6.85. The monoisotopic (exact) mass is 535 g/mol. The van der Waals surface area contributed by atoms with Gasteiger partial charge in [-0.1, -0.05) is 62.4 Å². The van der Waals surface area contributed by atoms with Crippen LogP contribution in [0.1, 0.15) is 57.4 Å². The number of aryl methyl sites for hydroxylation is 1. The Labute approximate surface area is 232 Å². The molecule has 3 aromatic carbocycles. The molecule has 0 aliphatic carbocycles. The number of carbonyl (C=O) groups is 2. The smallest absolute Gasteiger partial charge is 0.255 e. The van der Waals surface area contributed by atoms with E-state index in [4.69, 9.17) is 4.42 Å². The van der Waals surface area contributed by atoms with Gasteiger partial charge in [0.1, 0.15) is 17.7 Å². The number of pyridine rings is 1. The number of nitrogens with zero attached hydrogens (tertiary/aromatic N) is 1. The topological polar surface area (TPSA) is 84.2 Å². The second-order valence-electron chi connectivity index (χ2n) is 10.1. The van der Waals surface area contributed by atoms with Crippen molar-refractivity contribution in [3.63, 3.8) is 0 Å². The summed E-state index contributed by atoms with van der Waals surface area (Å²) >= 11 is 0. The second kappa shape index (κ2) is 11.5. The number of carbonyl (C=O) groups excluding carboxylic acids is 2. The first-order valence-electron chi connectivity index (χ1n) is 13.2. The Morgan fingerprint density at radius 1 is 0.875 bits per heavy atom. The van der Waals surface area contributed by atoms with Crippen molar-refractivity contribution in [3.05, 3.63) is 125 Å². The third kappa shape index (κ3) is 5.64. The van der Waals surface area contributed by atoms with E-state index < -0.39 is 6.04 Å². The highest BCUT2D eigenvalue weighted by molar-refractivity contribution is 6.06. The summed E-state index contributed by atoms with van der Waals surface area (Å²) < 4.78 is 19.4. The molecule has 2 aromatic heterocycles. The van der Waals surface area contributed by atoms with E-state index in [1.165, 1.54) is 18.4 Å². The summed E-state index contributed by atoms with van der Waals surface area (Å²) in [5.41, 5.74) is 5.17. The molecular formula is C33H30FN3O3. The van der Waals surface area contributed by atoms with Gasteiger partial charge in [0.15, 0.2) is 0 Å². The lowest BCUT2D eigenvalue weighted by Gasteiger charge is -2.22. The Morgan fingerprint density at radius 2 is 1.62 bits per heavy atom. The first-order chi connectivity index (χ1) is 19.3. The van der Waals surface area contributed by atoms with Gasteiger partial charge in [-0.25, -0.2) is 4.39 Å². The summed E-state index contributed by atoms with van der Waals surface area (Å²) in [5, 5.41) is 6.79. The molecule has 0 spiro atoms. The average Bonchev–Trinajstić information content (AvgIpc) is 3.40. The normalized spacial score (nSPS) is 11.9. The number of fused-ring (bicyclic) bond motifs is 1. The maximum atomic E-state index is 13.9. The van der Waals surface area contributed by atoms with Gasteiger partial charge in [-0.3, -0.25) is 14.6 Å². The fourth-order valence-electron chi connectivity index (χ4n) is 4.70. The van der Waals surface area contributed by atoms with E-state index in [1.54, 1.807) is 30.5 Å². The van der Waals surface area contributed by atoms with Crippen molar-refractivity contribution < 1.29 is 18.4 Å². The van der Waals surface area contributed by atoms with Crippen molar-refractivity contribution in [1.29, 1.82) is 0 Å². The minimum Gasteiger partial charge on any atom is -0.463 e. The van der Waals surface area contributed by atoms with Crippen LogP contribution in [0.5, 0.6) is 0 Å².